The quantitative estimate of drug-likeness (QED) is 0.0932. The maximum absolute atomic E-state index is 15.8. The molecule has 68 heavy (non-hydrogen) atoms. The highest BCUT2D eigenvalue weighted by Crippen LogP contribution is 2.42. The van der Waals surface area contributed by atoms with E-state index in [1.54, 1.807) is 44.4 Å². The Morgan fingerprint density at radius 3 is 2.13 bits per heavy atom. The molecule has 0 unspecified atom stereocenters. The number of nitrogens with zero attached hydrogens (tertiary/aromatic N) is 4. The third-order valence-electron chi connectivity index (χ3n) is 10.6. The Morgan fingerprint density at radius 2 is 1.47 bits per heavy atom. The first kappa shape index (κ1) is 49.4. The molecule has 0 saturated heterocycles. The predicted octanol–water partition coefficient (Wildman–Crippen LogP) is 11.6. The van der Waals surface area contributed by atoms with E-state index in [1.807, 2.05) is 52.0 Å². The van der Waals surface area contributed by atoms with Gasteiger partial charge in [0.05, 0.1) is 49.7 Å². The highest BCUT2D eigenvalue weighted by molar-refractivity contribution is 7.92. The average molecular weight is 986 g/mol. The molecule has 1 N–H and O–H groups in total. The molecule has 352 valence electrons. The zero-order valence-electron chi connectivity index (χ0n) is 37.6. The number of hydrogen-bond acceptors (Lipinski definition) is 10. The number of aromatic nitrogens is 4. The highest BCUT2D eigenvalue weighted by atomic mass is 32.2. The van der Waals surface area contributed by atoms with Crippen molar-refractivity contribution >= 4 is 48.2 Å². The Labute approximate surface area is 395 Å². The number of carbonyl (C=O) groups is 1. The number of sulfone groups is 1. The number of ketones is 1. The van der Waals surface area contributed by atoms with Gasteiger partial charge in [-0.15, -0.1) is 11.3 Å². The Kier molecular flexibility index (Phi) is 14.3. The number of aryl methyl sites for hydroxylation is 2. The summed E-state index contributed by atoms with van der Waals surface area (Å²) in [6, 6.07) is 20.2. The van der Waals surface area contributed by atoms with Crippen LogP contribution in [-0.2, 0) is 37.4 Å². The molecule has 0 fully saturated rings. The normalized spacial score (nSPS) is 12.5. The topological polar surface area (TPSA) is 149 Å². The van der Waals surface area contributed by atoms with E-state index in [2.05, 4.69) is 19.7 Å². The molecule has 3 heterocycles. The molecular weight excluding hydrogens is 942 g/mol. The summed E-state index contributed by atoms with van der Waals surface area (Å²) in [5.74, 6) is -7.04. The minimum atomic E-state index is -4.51. The fraction of sp³-hybridized carbons (Fsp3) is 0.220. The van der Waals surface area contributed by atoms with Crippen LogP contribution in [0.1, 0.15) is 77.7 Å². The summed E-state index contributed by atoms with van der Waals surface area (Å²) >= 11 is 1.37. The van der Waals surface area contributed by atoms with Gasteiger partial charge in [0, 0.05) is 52.1 Å². The smallest absolute Gasteiger partial charge is 0.232 e. The van der Waals surface area contributed by atoms with Crippen molar-refractivity contribution in [3.05, 3.63) is 171 Å². The molecule has 4 aromatic carbocycles. The van der Waals surface area contributed by atoms with Gasteiger partial charge < -0.3 is 0 Å². The molecule has 0 radical (unpaired) electrons. The van der Waals surface area contributed by atoms with Crippen LogP contribution in [0.4, 0.5) is 27.6 Å². The minimum Gasteiger partial charge on any atom is -0.288 e. The number of Topliss-reactive ketones (excluding diaryl/α,β-unsaturated/α-hetero) is 1. The van der Waals surface area contributed by atoms with Gasteiger partial charge >= 0.3 is 0 Å². The van der Waals surface area contributed by atoms with Crippen LogP contribution in [0.15, 0.2) is 108 Å². The number of allylic oxidation sites excluding steroid dienone is 2. The lowest BCUT2D eigenvalue weighted by molar-refractivity contribution is 0.104. The fourth-order valence-corrected chi connectivity index (χ4v) is 11.0. The number of hydrogen-bond donors (Lipinski definition) is 1. The number of benzene rings is 4. The van der Waals surface area contributed by atoms with E-state index < -0.39 is 76.6 Å². The number of thiazole rings is 1. The lowest BCUT2D eigenvalue weighted by atomic mass is 9.96. The molecule has 0 amide bonds. The van der Waals surface area contributed by atoms with Crippen LogP contribution < -0.4 is 4.72 Å². The van der Waals surface area contributed by atoms with Gasteiger partial charge in [0.25, 0.3) is 0 Å². The summed E-state index contributed by atoms with van der Waals surface area (Å²) in [7, 11) is -8.33. The second-order valence-corrected chi connectivity index (χ2v) is 21.7. The van der Waals surface area contributed by atoms with E-state index >= 15 is 8.78 Å². The van der Waals surface area contributed by atoms with E-state index in [9.17, 15) is 34.8 Å². The molecule has 18 heteroatoms. The first-order chi connectivity index (χ1) is 32.1. The molecule has 3 aromatic heterocycles. The van der Waals surface area contributed by atoms with Crippen molar-refractivity contribution in [1.29, 1.82) is 0 Å². The van der Waals surface area contributed by atoms with Gasteiger partial charge in [0.2, 0.25) is 10.0 Å². The lowest BCUT2D eigenvalue weighted by Gasteiger charge is -2.13. The van der Waals surface area contributed by atoms with E-state index in [0.717, 1.165) is 52.0 Å². The first-order valence-electron chi connectivity index (χ1n) is 21.1. The Hall–Kier alpha value is -6.50. The van der Waals surface area contributed by atoms with Crippen LogP contribution in [0.5, 0.6) is 0 Å². The molecule has 7 aromatic rings. The maximum Gasteiger partial charge on any atom is 0.232 e. The van der Waals surface area contributed by atoms with Crippen LogP contribution in [-0.4, -0.2) is 48.3 Å². The van der Waals surface area contributed by atoms with Gasteiger partial charge in [-0.2, -0.15) is 0 Å². The van der Waals surface area contributed by atoms with Gasteiger partial charge in [-0.1, -0.05) is 81.8 Å². The molecule has 0 aliphatic heterocycles. The summed E-state index contributed by atoms with van der Waals surface area (Å²) in [6.07, 6.45) is 5.57. The second-order valence-electron chi connectivity index (χ2n) is 17.0. The van der Waals surface area contributed by atoms with Crippen LogP contribution in [0.25, 0.3) is 38.5 Å². The fourth-order valence-electron chi connectivity index (χ4n) is 7.29. The Morgan fingerprint density at radius 1 is 0.779 bits per heavy atom. The van der Waals surface area contributed by atoms with Crippen LogP contribution in [0.3, 0.4) is 0 Å². The Bertz CT molecular complexity index is 3330. The number of rotatable bonds is 12. The van der Waals surface area contributed by atoms with Crippen molar-refractivity contribution in [3.8, 4) is 33.0 Å². The molecule has 0 atom stereocenters. The first-order valence-corrected chi connectivity index (χ1v) is 25.3. The molecule has 1 aliphatic rings. The molecule has 8 rings (SSSR count). The molecule has 0 bridgehead atoms. The minimum absolute atomic E-state index is 0.0738. The largest absolute Gasteiger partial charge is 0.288 e. The number of sulfonamides is 1. The SMILES string of the molecule is CCCS(=O)(=O)Nc1ccc(F)c(C(=O)C2=CCc3ncc(-c4ccc(C)cc4)cc32)c1F.Cc1nccc(-c2sc(C(C)(C)C)nc2-c2cccc(CS(=O)(=O)c3c(F)cccc3F)c2F)n1. The van der Waals surface area contributed by atoms with Crippen molar-refractivity contribution in [2.45, 2.75) is 70.4 Å². The van der Waals surface area contributed by atoms with Gasteiger partial charge in [-0.25, -0.2) is 53.7 Å². The van der Waals surface area contributed by atoms with E-state index in [0.29, 0.717) is 46.2 Å². The summed E-state index contributed by atoms with van der Waals surface area (Å²) in [5, 5.41) is 0.740. The number of nitrogens with one attached hydrogen (secondary N) is 1. The third kappa shape index (κ3) is 10.6. The van der Waals surface area contributed by atoms with Crippen LogP contribution in [0.2, 0.25) is 0 Å². The van der Waals surface area contributed by atoms with Crippen molar-refractivity contribution in [1.82, 2.24) is 19.9 Å². The highest BCUT2D eigenvalue weighted by Gasteiger charge is 2.31. The van der Waals surface area contributed by atoms with Crippen molar-refractivity contribution < 1.29 is 43.6 Å². The standard InChI is InChI=1S/C25H22F3N3O2S2.C25H22F2N2O3S/c1-14-29-12-11-19(30-14)22-21(31-24(34-22)25(2,3)4)16-8-5-7-15(20(16)28)13-35(32,33)23-17(26)9-6-10-18(23)27;1-3-12-33(31,32)29-22-11-9-20(26)23(24(22)27)25(30)18-8-10-21-19(18)13-17(14-28-21)16-6-4-15(2)5-7-16/h5-12H,13H2,1-4H3;4-9,11,13-14,29H,3,10,12H2,1-2H3. The number of anilines is 1. The molecule has 0 saturated carbocycles. The van der Waals surface area contributed by atoms with Crippen molar-refractivity contribution in [2.75, 3.05) is 10.5 Å². The van der Waals surface area contributed by atoms with Gasteiger partial charge in [0.15, 0.2) is 21.4 Å². The lowest BCUT2D eigenvalue weighted by Crippen LogP contribution is -2.18. The monoisotopic (exact) mass is 985 g/mol. The van der Waals surface area contributed by atoms with E-state index in [1.165, 1.54) is 29.5 Å². The van der Waals surface area contributed by atoms with Gasteiger partial charge in [-0.05, 0) is 68.3 Å². The Balaban J connectivity index is 0.000000202. The number of fused-ring (bicyclic) bond motifs is 1. The number of carbonyl (C=O) groups excluding carboxylic acids is 1. The summed E-state index contributed by atoms with van der Waals surface area (Å²) in [5.41, 5.74) is 3.19. The van der Waals surface area contributed by atoms with Crippen LogP contribution in [0, 0.1) is 42.9 Å². The van der Waals surface area contributed by atoms with Crippen molar-refractivity contribution in [2.24, 2.45) is 0 Å². The summed E-state index contributed by atoms with van der Waals surface area (Å²) in [4.78, 5) is 30.5. The molecular formula is C50H44F5N5O5S3. The third-order valence-corrected chi connectivity index (χ3v) is 15.3. The second kappa shape index (κ2) is 19.6. The van der Waals surface area contributed by atoms with Crippen LogP contribution >= 0.6 is 11.3 Å². The summed E-state index contributed by atoms with van der Waals surface area (Å²) < 4.78 is 126. The van der Waals surface area contributed by atoms with E-state index in [-0.39, 0.29) is 27.9 Å². The zero-order chi connectivity index (χ0) is 49.3. The van der Waals surface area contributed by atoms with E-state index in [4.69, 9.17) is 4.98 Å². The molecule has 1 aliphatic carbocycles. The maximum atomic E-state index is 15.8. The molecule has 0 spiro atoms. The average Bonchev–Trinajstić information content (AvgIpc) is 3.91. The van der Waals surface area contributed by atoms with Gasteiger partial charge in [-0.3, -0.25) is 14.5 Å². The predicted molar refractivity (Wildman–Crippen MR) is 254 cm³/mol. The number of pyridine rings is 1. The van der Waals surface area contributed by atoms with Crippen molar-refractivity contribution in [3.63, 3.8) is 0 Å². The summed E-state index contributed by atoms with van der Waals surface area (Å²) in [6.45, 7) is 11.3. The van der Waals surface area contributed by atoms with Gasteiger partial charge in [0.1, 0.15) is 34.0 Å². The number of halogens is 5. The zero-order valence-corrected chi connectivity index (χ0v) is 40.0. The molecule has 10 nitrogen and oxygen atoms in total.